The largest absolute Gasteiger partial charge is 0.545 e. The number of unbranched alkanes of at least 4 members (excludes halogenated alkanes) is 21. The predicted octanol–water partition coefficient (Wildman–Crippen LogP) is 20.4. The highest BCUT2D eigenvalue weighted by molar-refractivity contribution is 5.70. The van der Waals surface area contributed by atoms with Crippen LogP contribution in [0.15, 0.2) is 158 Å². The standard InChI is InChI=1S/C78H127NO8/c1-6-8-10-12-14-16-18-20-22-24-26-28-30-32-34-35-36-37-38-39-40-41-43-45-47-49-51-53-55-57-59-61-63-65-67-69-76(81)87-74(73-86-78(77(82)83)84-71-70-79(3,4)5)72-85-75(80)68-66-64-62-60-58-56-54-52-50-48-46-44-42-33-31-29-27-25-23-21-19-17-15-13-11-9-7-2/h8-11,14-17,20-23,26-29,32-34,36-37,39-40,42,46,48,74,78H,6-7,12-13,18-19,24-25,30-31,35,38,41,43-45,47,49-73H2,1-5H3/b10-8-,11-9-,16-14-,17-15-,22-20-,23-21-,28-26-,29-27-,34-32-,37-36-,40-39-,42-33-,48-46-. The number of carboxylic acid groups (broad SMARTS) is 1. The molecule has 87 heavy (non-hydrogen) atoms. The summed E-state index contributed by atoms with van der Waals surface area (Å²) in [5.74, 6) is -2.31. The summed E-state index contributed by atoms with van der Waals surface area (Å²) in [7, 11) is 5.92. The van der Waals surface area contributed by atoms with Crippen LogP contribution in [-0.4, -0.2) is 82.3 Å². The number of quaternary nitrogens is 1. The maximum absolute atomic E-state index is 12.9. The van der Waals surface area contributed by atoms with E-state index in [4.69, 9.17) is 18.9 Å². The van der Waals surface area contributed by atoms with E-state index in [0.29, 0.717) is 17.4 Å². The van der Waals surface area contributed by atoms with Crippen LogP contribution in [0.25, 0.3) is 0 Å². The number of carboxylic acids is 1. The van der Waals surface area contributed by atoms with E-state index in [9.17, 15) is 19.5 Å². The van der Waals surface area contributed by atoms with Crippen molar-refractivity contribution in [2.24, 2.45) is 0 Å². The summed E-state index contributed by atoms with van der Waals surface area (Å²) < 4.78 is 22.8. The van der Waals surface area contributed by atoms with E-state index in [2.05, 4.69) is 172 Å². The molecule has 492 valence electrons. The molecule has 0 spiro atoms. The van der Waals surface area contributed by atoms with E-state index >= 15 is 0 Å². The Morgan fingerprint density at radius 3 is 0.920 bits per heavy atom. The van der Waals surface area contributed by atoms with Gasteiger partial charge in [-0.2, -0.15) is 0 Å². The molecule has 0 amide bonds. The molecule has 0 N–H and O–H groups in total. The molecule has 0 saturated heterocycles. The van der Waals surface area contributed by atoms with E-state index < -0.39 is 24.3 Å². The molecule has 0 aromatic heterocycles. The molecule has 0 saturated carbocycles. The second-order valence-corrected chi connectivity index (χ2v) is 23.7. The highest BCUT2D eigenvalue weighted by Gasteiger charge is 2.22. The van der Waals surface area contributed by atoms with E-state index in [0.717, 1.165) is 135 Å². The molecule has 0 aliphatic heterocycles. The average Bonchev–Trinajstić information content (AvgIpc) is 3.56. The number of allylic oxidation sites excluding steroid dienone is 26. The Hall–Kier alpha value is -5.09. The fourth-order valence-electron chi connectivity index (χ4n) is 9.05. The normalized spacial score (nSPS) is 13.7. The van der Waals surface area contributed by atoms with Gasteiger partial charge in [-0.15, -0.1) is 0 Å². The second kappa shape index (κ2) is 66.9. The summed E-state index contributed by atoms with van der Waals surface area (Å²) in [6.07, 6.45) is 95.9. The minimum Gasteiger partial charge on any atom is -0.545 e. The Balaban J connectivity index is 4.18. The van der Waals surface area contributed by atoms with Gasteiger partial charge >= 0.3 is 11.9 Å². The molecule has 0 radical (unpaired) electrons. The van der Waals surface area contributed by atoms with Gasteiger partial charge in [0.2, 0.25) is 0 Å². The van der Waals surface area contributed by atoms with Gasteiger partial charge in [-0.3, -0.25) is 9.59 Å². The van der Waals surface area contributed by atoms with Crippen LogP contribution < -0.4 is 5.11 Å². The fraction of sp³-hybridized carbons (Fsp3) is 0.628. The van der Waals surface area contributed by atoms with E-state index in [1.54, 1.807) is 0 Å². The van der Waals surface area contributed by atoms with Crippen LogP contribution in [0.4, 0.5) is 0 Å². The highest BCUT2D eigenvalue weighted by Crippen LogP contribution is 2.16. The Morgan fingerprint density at radius 2 is 0.621 bits per heavy atom. The zero-order chi connectivity index (χ0) is 63.3. The first-order valence-corrected chi connectivity index (χ1v) is 34.6. The van der Waals surface area contributed by atoms with Crippen LogP contribution in [0, 0.1) is 0 Å². The molecular formula is C78H127NO8. The number of aliphatic carboxylic acids is 1. The Labute approximate surface area is 534 Å². The first-order valence-electron chi connectivity index (χ1n) is 34.6. The maximum Gasteiger partial charge on any atom is 0.306 e. The first-order chi connectivity index (χ1) is 42.6. The number of rotatable bonds is 62. The molecule has 9 heteroatoms. The lowest BCUT2D eigenvalue weighted by atomic mass is 10.0. The van der Waals surface area contributed by atoms with Gasteiger partial charge in [-0.05, 0) is 122 Å². The number of nitrogens with zero attached hydrogens (tertiary/aromatic N) is 1. The maximum atomic E-state index is 12.9. The zero-order valence-corrected chi connectivity index (χ0v) is 56.1. The summed E-state index contributed by atoms with van der Waals surface area (Å²) in [6.45, 7) is 4.50. The quantitative estimate of drug-likeness (QED) is 0.0195. The Morgan fingerprint density at radius 1 is 0.345 bits per heavy atom. The van der Waals surface area contributed by atoms with Gasteiger partial charge in [0, 0.05) is 12.8 Å². The lowest BCUT2D eigenvalue weighted by Crippen LogP contribution is -2.44. The van der Waals surface area contributed by atoms with Crippen molar-refractivity contribution in [1.82, 2.24) is 0 Å². The average molecular weight is 1210 g/mol. The molecule has 0 rings (SSSR count). The molecule has 0 aromatic rings. The number of hydrogen-bond donors (Lipinski definition) is 0. The topological polar surface area (TPSA) is 111 Å². The second-order valence-electron chi connectivity index (χ2n) is 23.7. The van der Waals surface area contributed by atoms with Crippen LogP contribution in [0.5, 0.6) is 0 Å². The third-order valence-corrected chi connectivity index (χ3v) is 14.3. The third kappa shape index (κ3) is 68.3. The number of hydrogen-bond acceptors (Lipinski definition) is 8. The van der Waals surface area contributed by atoms with Crippen molar-refractivity contribution < 1.29 is 42.9 Å². The molecular weight excluding hydrogens is 1080 g/mol. The summed E-state index contributed by atoms with van der Waals surface area (Å²) in [6, 6.07) is 0. The van der Waals surface area contributed by atoms with Crippen LogP contribution in [-0.2, 0) is 33.3 Å². The van der Waals surface area contributed by atoms with Gasteiger partial charge in [-0.25, -0.2) is 0 Å². The van der Waals surface area contributed by atoms with E-state index in [1.807, 2.05) is 21.1 Å². The van der Waals surface area contributed by atoms with Crippen molar-refractivity contribution in [2.45, 2.75) is 270 Å². The van der Waals surface area contributed by atoms with Crippen LogP contribution in [0.1, 0.15) is 258 Å². The molecule has 9 nitrogen and oxygen atoms in total. The lowest BCUT2D eigenvalue weighted by molar-refractivity contribution is -0.870. The summed E-state index contributed by atoms with van der Waals surface area (Å²) in [4.78, 5) is 37.5. The van der Waals surface area contributed by atoms with E-state index in [-0.39, 0.29) is 38.6 Å². The fourth-order valence-corrected chi connectivity index (χ4v) is 9.05. The van der Waals surface area contributed by atoms with Crippen molar-refractivity contribution in [2.75, 3.05) is 47.5 Å². The lowest BCUT2D eigenvalue weighted by Gasteiger charge is -2.26. The summed E-state index contributed by atoms with van der Waals surface area (Å²) in [5.41, 5.74) is 0. The molecule has 0 fully saturated rings. The van der Waals surface area contributed by atoms with Gasteiger partial charge in [-0.1, -0.05) is 281 Å². The van der Waals surface area contributed by atoms with E-state index in [1.165, 1.54) is 89.9 Å². The molecule has 2 unspecified atom stereocenters. The number of carbonyl (C=O) groups excluding carboxylic acids is 3. The van der Waals surface area contributed by atoms with Gasteiger partial charge in [0.25, 0.3) is 0 Å². The smallest absolute Gasteiger partial charge is 0.306 e. The van der Waals surface area contributed by atoms with Crippen LogP contribution >= 0.6 is 0 Å². The Bertz CT molecular complexity index is 1990. The third-order valence-electron chi connectivity index (χ3n) is 14.3. The van der Waals surface area contributed by atoms with Crippen LogP contribution in [0.3, 0.4) is 0 Å². The molecule has 0 heterocycles. The van der Waals surface area contributed by atoms with Crippen molar-refractivity contribution >= 4 is 17.9 Å². The van der Waals surface area contributed by atoms with Crippen LogP contribution in [0.2, 0.25) is 0 Å². The minimum absolute atomic E-state index is 0.138. The number of ether oxygens (including phenoxy) is 4. The monoisotopic (exact) mass is 1210 g/mol. The van der Waals surface area contributed by atoms with Gasteiger partial charge in [0.15, 0.2) is 12.4 Å². The zero-order valence-electron chi connectivity index (χ0n) is 56.1. The van der Waals surface area contributed by atoms with Gasteiger partial charge in [0.05, 0.1) is 40.3 Å². The van der Waals surface area contributed by atoms with Crippen molar-refractivity contribution in [3.05, 3.63) is 158 Å². The molecule has 0 aliphatic rings. The highest BCUT2D eigenvalue weighted by atomic mass is 16.7. The molecule has 2 atom stereocenters. The Kier molecular flexibility index (Phi) is 62.9. The number of likely N-dealkylation sites (N-methyl/N-ethyl adjacent to an activating group) is 1. The molecule has 0 bridgehead atoms. The van der Waals surface area contributed by atoms with Crippen molar-refractivity contribution in [3.63, 3.8) is 0 Å². The van der Waals surface area contributed by atoms with Gasteiger partial charge < -0.3 is 33.3 Å². The van der Waals surface area contributed by atoms with Crippen molar-refractivity contribution in [3.8, 4) is 0 Å². The van der Waals surface area contributed by atoms with Crippen molar-refractivity contribution in [1.29, 1.82) is 0 Å². The number of carbonyl (C=O) groups is 3. The minimum atomic E-state index is -1.63. The van der Waals surface area contributed by atoms with Gasteiger partial charge in [0.1, 0.15) is 13.2 Å². The first kappa shape index (κ1) is 81.9. The molecule has 0 aromatic carbocycles. The summed E-state index contributed by atoms with van der Waals surface area (Å²) >= 11 is 0. The molecule has 0 aliphatic carbocycles. The summed E-state index contributed by atoms with van der Waals surface area (Å²) in [5, 5.41) is 11.8. The number of esters is 2. The SMILES string of the molecule is CC/C=C\C/C=C\C/C=C\C/C=C\C/C=C\C/C=C\C/C=C\CCCCCCCCCCCCCCCC(=O)OC(COC(=O)CCCCCCCCCC/C=C\C/C=C\C/C=C\C/C=C\C/C=C\C/C=C\CC)COC(OCC[N+](C)(C)C)C(=O)[O-]. The predicted molar refractivity (Wildman–Crippen MR) is 370 cm³/mol.